The molecule has 0 heterocycles. The SMILES string of the molecule is CCCCCCCCc1ccc(OCCOCCOCCOCCOCCOCCOCCOCCCCC)cc1. The van der Waals surface area contributed by atoms with Crippen LogP contribution in [0.1, 0.15) is 77.2 Å². The standard InChI is InChI=1S/C33H60O8/c1-3-5-7-8-9-10-12-32-13-15-33(16-14-32)41-31-30-40-29-28-39-27-26-38-25-24-37-23-22-36-21-20-35-19-18-34-17-11-6-4-2/h13-16H,3-12,17-31H2,1-2H3. The molecule has 0 aliphatic rings. The zero-order valence-corrected chi connectivity index (χ0v) is 26.3. The molecule has 1 aromatic carbocycles. The molecule has 0 N–H and O–H groups in total. The molecular weight excluding hydrogens is 524 g/mol. The summed E-state index contributed by atoms with van der Waals surface area (Å²) in [6.07, 6.45) is 12.7. The van der Waals surface area contributed by atoms with Crippen molar-refractivity contribution >= 4 is 0 Å². The van der Waals surface area contributed by atoms with Crippen molar-refractivity contribution in [3.8, 4) is 5.75 Å². The predicted molar refractivity (Wildman–Crippen MR) is 164 cm³/mol. The minimum absolute atomic E-state index is 0.535. The fourth-order valence-corrected chi connectivity index (χ4v) is 3.96. The van der Waals surface area contributed by atoms with E-state index in [0.29, 0.717) is 92.5 Å². The molecule has 0 saturated heterocycles. The van der Waals surface area contributed by atoms with Gasteiger partial charge < -0.3 is 37.9 Å². The summed E-state index contributed by atoms with van der Waals surface area (Å²) in [6, 6.07) is 8.45. The van der Waals surface area contributed by atoms with Gasteiger partial charge in [-0.15, -0.1) is 0 Å². The number of hydrogen-bond acceptors (Lipinski definition) is 8. The maximum atomic E-state index is 5.77. The first kappa shape index (κ1) is 37.8. The molecule has 0 unspecified atom stereocenters. The molecule has 0 aromatic heterocycles. The van der Waals surface area contributed by atoms with Crippen LogP contribution < -0.4 is 4.74 Å². The molecule has 41 heavy (non-hydrogen) atoms. The van der Waals surface area contributed by atoms with Gasteiger partial charge in [-0.2, -0.15) is 0 Å². The maximum absolute atomic E-state index is 5.77. The second-order valence-electron chi connectivity index (χ2n) is 10.0. The van der Waals surface area contributed by atoms with Crippen LogP contribution in [0.3, 0.4) is 0 Å². The first-order valence-corrected chi connectivity index (χ1v) is 16.1. The third-order valence-electron chi connectivity index (χ3n) is 6.36. The normalized spacial score (nSPS) is 11.4. The van der Waals surface area contributed by atoms with E-state index in [1.54, 1.807) is 0 Å². The summed E-state index contributed by atoms with van der Waals surface area (Å²) in [4.78, 5) is 0. The summed E-state index contributed by atoms with van der Waals surface area (Å²) in [6.45, 7) is 13.1. The Morgan fingerprint density at radius 1 is 0.366 bits per heavy atom. The monoisotopic (exact) mass is 584 g/mol. The number of rotatable bonds is 33. The zero-order valence-electron chi connectivity index (χ0n) is 26.3. The molecule has 1 rings (SSSR count). The Morgan fingerprint density at radius 2 is 0.732 bits per heavy atom. The second kappa shape index (κ2) is 31.7. The van der Waals surface area contributed by atoms with Crippen molar-refractivity contribution in [2.45, 2.75) is 78.1 Å². The van der Waals surface area contributed by atoms with Gasteiger partial charge in [-0.3, -0.25) is 0 Å². The van der Waals surface area contributed by atoms with Crippen molar-refractivity contribution in [1.29, 1.82) is 0 Å². The Hall–Kier alpha value is -1.26. The van der Waals surface area contributed by atoms with Crippen LogP contribution >= 0.6 is 0 Å². The lowest BCUT2D eigenvalue weighted by molar-refractivity contribution is -0.0212. The van der Waals surface area contributed by atoms with Gasteiger partial charge in [0.2, 0.25) is 0 Å². The van der Waals surface area contributed by atoms with Gasteiger partial charge in [-0.25, -0.2) is 0 Å². The van der Waals surface area contributed by atoms with E-state index < -0.39 is 0 Å². The van der Waals surface area contributed by atoms with Crippen LogP contribution in [0.25, 0.3) is 0 Å². The van der Waals surface area contributed by atoms with E-state index in [-0.39, 0.29) is 0 Å². The number of aryl methyl sites for hydroxylation is 1. The van der Waals surface area contributed by atoms with Crippen molar-refractivity contribution in [1.82, 2.24) is 0 Å². The van der Waals surface area contributed by atoms with E-state index in [9.17, 15) is 0 Å². The Morgan fingerprint density at radius 3 is 1.20 bits per heavy atom. The molecule has 0 atom stereocenters. The topological polar surface area (TPSA) is 73.8 Å². The van der Waals surface area contributed by atoms with Gasteiger partial charge in [0, 0.05) is 6.61 Å². The average molecular weight is 585 g/mol. The number of hydrogen-bond donors (Lipinski definition) is 0. The van der Waals surface area contributed by atoms with Crippen molar-refractivity contribution in [3.05, 3.63) is 29.8 Å². The van der Waals surface area contributed by atoms with E-state index in [1.807, 2.05) is 0 Å². The van der Waals surface area contributed by atoms with E-state index in [2.05, 4.69) is 38.1 Å². The molecule has 0 bridgehead atoms. The lowest BCUT2D eigenvalue weighted by Gasteiger charge is -2.09. The van der Waals surface area contributed by atoms with Gasteiger partial charge >= 0.3 is 0 Å². The fraction of sp³-hybridized carbons (Fsp3) is 0.818. The Kier molecular flexibility index (Phi) is 29.2. The summed E-state index contributed by atoms with van der Waals surface area (Å²) in [7, 11) is 0. The van der Waals surface area contributed by atoms with E-state index in [1.165, 1.54) is 56.9 Å². The molecule has 1 aromatic rings. The quantitative estimate of drug-likeness (QED) is 0.0895. The Balaban J connectivity index is 1.74. The lowest BCUT2D eigenvalue weighted by Crippen LogP contribution is -2.15. The van der Waals surface area contributed by atoms with Crippen molar-refractivity contribution in [2.75, 3.05) is 99.1 Å². The molecule has 0 fully saturated rings. The van der Waals surface area contributed by atoms with Gasteiger partial charge in [-0.1, -0.05) is 70.9 Å². The van der Waals surface area contributed by atoms with E-state index >= 15 is 0 Å². The highest BCUT2D eigenvalue weighted by atomic mass is 16.6. The van der Waals surface area contributed by atoms with Crippen molar-refractivity contribution < 1.29 is 37.9 Å². The highest BCUT2D eigenvalue weighted by molar-refractivity contribution is 5.27. The van der Waals surface area contributed by atoms with E-state index in [0.717, 1.165) is 25.2 Å². The summed E-state index contributed by atoms with van der Waals surface area (Å²) in [5, 5.41) is 0. The predicted octanol–water partition coefficient (Wildman–Crippen LogP) is 6.27. The zero-order chi connectivity index (χ0) is 29.3. The van der Waals surface area contributed by atoms with Crippen LogP contribution in [-0.4, -0.2) is 99.1 Å². The molecule has 0 aliphatic carbocycles. The van der Waals surface area contributed by atoms with Crippen LogP contribution in [0.5, 0.6) is 5.75 Å². The molecule has 0 aliphatic heterocycles. The summed E-state index contributed by atoms with van der Waals surface area (Å²) in [5.41, 5.74) is 1.38. The first-order chi connectivity index (χ1) is 20.4. The molecule has 0 amide bonds. The number of benzene rings is 1. The molecule has 0 radical (unpaired) electrons. The minimum Gasteiger partial charge on any atom is -0.491 e. The summed E-state index contributed by atoms with van der Waals surface area (Å²) in [5.74, 6) is 0.893. The Bertz CT molecular complexity index is 628. The minimum atomic E-state index is 0.535. The molecular formula is C33H60O8. The molecule has 8 nitrogen and oxygen atoms in total. The van der Waals surface area contributed by atoms with Crippen LogP contribution in [0.4, 0.5) is 0 Å². The average Bonchev–Trinajstić information content (AvgIpc) is 2.99. The van der Waals surface area contributed by atoms with Gasteiger partial charge in [0.15, 0.2) is 0 Å². The third kappa shape index (κ3) is 27.3. The third-order valence-corrected chi connectivity index (χ3v) is 6.36. The summed E-state index contributed by atoms with van der Waals surface area (Å²) >= 11 is 0. The maximum Gasteiger partial charge on any atom is 0.119 e. The number of ether oxygens (including phenoxy) is 8. The highest BCUT2D eigenvalue weighted by Crippen LogP contribution is 2.15. The fourth-order valence-electron chi connectivity index (χ4n) is 3.96. The summed E-state index contributed by atoms with van der Waals surface area (Å²) < 4.78 is 44.3. The number of unbranched alkanes of at least 4 members (excludes halogenated alkanes) is 7. The second-order valence-corrected chi connectivity index (χ2v) is 10.0. The Labute approximate surface area is 250 Å². The highest BCUT2D eigenvalue weighted by Gasteiger charge is 1.98. The molecule has 0 spiro atoms. The van der Waals surface area contributed by atoms with Crippen LogP contribution in [0.15, 0.2) is 24.3 Å². The van der Waals surface area contributed by atoms with Gasteiger partial charge in [0.05, 0.1) is 85.9 Å². The van der Waals surface area contributed by atoms with Crippen LogP contribution in [0.2, 0.25) is 0 Å². The van der Waals surface area contributed by atoms with Gasteiger partial charge in [0.25, 0.3) is 0 Å². The van der Waals surface area contributed by atoms with Crippen molar-refractivity contribution in [2.24, 2.45) is 0 Å². The van der Waals surface area contributed by atoms with Crippen LogP contribution in [0, 0.1) is 0 Å². The van der Waals surface area contributed by atoms with Gasteiger partial charge in [-0.05, 0) is 37.0 Å². The van der Waals surface area contributed by atoms with Crippen LogP contribution in [-0.2, 0) is 39.6 Å². The van der Waals surface area contributed by atoms with Crippen molar-refractivity contribution in [3.63, 3.8) is 0 Å². The largest absolute Gasteiger partial charge is 0.491 e. The lowest BCUT2D eigenvalue weighted by atomic mass is 10.0. The first-order valence-electron chi connectivity index (χ1n) is 16.1. The molecule has 8 heteroatoms. The van der Waals surface area contributed by atoms with E-state index in [4.69, 9.17) is 37.9 Å². The molecule has 0 saturated carbocycles. The smallest absolute Gasteiger partial charge is 0.119 e. The van der Waals surface area contributed by atoms with Gasteiger partial charge in [0.1, 0.15) is 12.4 Å². The molecule has 240 valence electrons.